The minimum Gasteiger partial charge on any atom is -0.483 e. The van der Waals surface area contributed by atoms with Gasteiger partial charge < -0.3 is 25.4 Å². The van der Waals surface area contributed by atoms with Crippen LogP contribution in [0.2, 0.25) is 0 Å². The highest BCUT2D eigenvalue weighted by atomic mass is 16.5. The molecule has 3 N–H and O–H groups in total. The van der Waals surface area contributed by atoms with Crippen LogP contribution in [-0.2, 0) is 14.3 Å². The van der Waals surface area contributed by atoms with Crippen molar-refractivity contribution in [2.45, 2.75) is 83.0 Å². The Morgan fingerprint density at radius 1 is 1.23 bits per heavy atom. The molecule has 4 aliphatic rings. The number of ether oxygens (including phenoxy) is 1. The maximum absolute atomic E-state index is 12.4. The second-order valence-corrected chi connectivity index (χ2v) is 9.63. The van der Waals surface area contributed by atoms with E-state index in [0.29, 0.717) is 37.3 Å². The molecule has 170 valence electrons. The fraction of sp³-hybridized carbons (Fsp3) is 0.864. The molecule has 3 amide bonds. The number of hydrogen-bond acceptors (Lipinski definition) is 4. The van der Waals surface area contributed by atoms with Crippen molar-refractivity contribution < 1.29 is 24.2 Å². The number of urea groups is 1. The molecule has 3 saturated heterocycles. The van der Waals surface area contributed by atoms with Crippen LogP contribution in [0.1, 0.15) is 65.2 Å². The third-order valence-electron chi connectivity index (χ3n) is 7.22. The highest BCUT2D eigenvalue weighted by Crippen LogP contribution is 2.54. The van der Waals surface area contributed by atoms with E-state index >= 15 is 0 Å². The lowest BCUT2D eigenvalue weighted by Crippen LogP contribution is -2.43. The summed E-state index contributed by atoms with van der Waals surface area (Å²) in [6.45, 7) is 5.86. The zero-order valence-electron chi connectivity index (χ0n) is 18.3. The number of amides is 3. The van der Waals surface area contributed by atoms with E-state index in [1.54, 1.807) is 0 Å². The first-order valence-corrected chi connectivity index (χ1v) is 11.5. The largest absolute Gasteiger partial charge is 0.483 e. The molecule has 0 aromatic heterocycles. The molecule has 0 aromatic rings. The van der Waals surface area contributed by atoms with Gasteiger partial charge in [-0.15, -0.1) is 0 Å². The topological polar surface area (TPSA) is 108 Å². The third-order valence-corrected chi connectivity index (χ3v) is 7.22. The first kappa shape index (κ1) is 22.8. The summed E-state index contributed by atoms with van der Waals surface area (Å²) in [6.07, 6.45) is 9.30. The maximum atomic E-state index is 12.4. The van der Waals surface area contributed by atoms with Crippen molar-refractivity contribution in [2.75, 3.05) is 19.6 Å². The molecule has 4 atom stereocenters. The fourth-order valence-corrected chi connectivity index (χ4v) is 5.91. The predicted octanol–water partition coefficient (Wildman–Crippen LogP) is 2.37. The van der Waals surface area contributed by atoms with E-state index in [2.05, 4.69) is 10.6 Å². The third kappa shape index (κ3) is 5.07. The van der Waals surface area contributed by atoms with Crippen molar-refractivity contribution in [3.05, 3.63) is 0 Å². The fourth-order valence-electron chi connectivity index (χ4n) is 5.91. The SMILES string of the molecule is CC(C)NC(=O)N1C[C@@H]2[C@H](CNC(=O)CC3CCCCC3)[C@H]3CC[C@]2(C1)O3.O=CO. The molecule has 3 heterocycles. The molecule has 2 bridgehead atoms. The molecule has 0 unspecified atom stereocenters. The minimum atomic E-state index is -0.250. The molecule has 1 aliphatic carbocycles. The smallest absolute Gasteiger partial charge is 0.317 e. The molecule has 4 rings (SSSR count). The molecule has 8 heteroatoms. The molecular formula is C22H37N3O5. The van der Waals surface area contributed by atoms with Crippen molar-refractivity contribution >= 4 is 18.4 Å². The first-order chi connectivity index (χ1) is 14.4. The van der Waals surface area contributed by atoms with Crippen LogP contribution in [0.15, 0.2) is 0 Å². The first-order valence-electron chi connectivity index (χ1n) is 11.5. The van der Waals surface area contributed by atoms with Gasteiger partial charge in [-0.3, -0.25) is 9.59 Å². The Bertz CT molecular complexity index is 622. The van der Waals surface area contributed by atoms with Crippen LogP contribution in [0.5, 0.6) is 0 Å². The number of hydrogen-bond donors (Lipinski definition) is 3. The van der Waals surface area contributed by atoms with Crippen LogP contribution in [-0.4, -0.2) is 65.8 Å². The number of carbonyl (C=O) groups is 3. The molecule has 1 saturated carbocycles. The zero-order valence-corrected chi connectivity index (χ0v) is 18.3. The van der Waals surface area contributed by atoms with Gasteiger partial charge in [0.15, 0.2) is 0 Å². The molecule has 30 heavy (non-hydrogen) atoms. The molecule has 4 fully saturated rings. The zero-order chi connectivity index (χ0) is 21.7. The molecule has 8 nitrogen and oxygen atoms in total. The second kappa shape index (κ2) is 9.98. The van der Waals surface area contributed by atoms with Gasteiger partial charge in [-0.25, -0.2) is 4.79 Å². The summed E-state index contributed by atoms with van der Waals surface area (Å²) in [6, 6.07) is 0.156. The van der Waals surface area contributed by atoms with Crippen molar-refractivity contribution in [1.82, 2.24) is 15.5 Å². The lowest BCUT2D eigenvalue weighted by atomic mass is 9.73. The molecule has 1 spiro atoms. The van der Waals surface area contributed by atoms with E-state index < -0.39 is 0 Å². The Balaban J connectivity index is 0.000000806. The quantitative estimate of drug-likeness (QED) is 0.589. The van der Waals surface area contributed by atoms with Gasteiger partial charge in [0, 0.05) is 37.4 Å². The summed E-state index contributed by atoms with van der Waals surface area (Å²) < 4.78 is 6.39. The number of rotatable bonds is 5. The van der Waals surface area contributed by atoms with E-state index in [1.165, 1.54) is 32.1 Å². The van der Waals surface area contributed by atoms with Crippen molar-refractivity contribution in [1.29, 1.82) is 0 Å². The van der Waals surface area contributed by atoms with Crippen LogP contribution in [0, 0.1) is 17.8 Å². The van der Waals surface area contributed by atoms with Gasteiger partial charge in [-0.1, -0.05) is 19.3 Å². The molecule has 0 radical (unpaired) electrons. The number of fused-ring (bicyclic) bond motifs is 1. The van der Waals surface area contributed by atoms with Crippen LogP contribution in [0.4, 0.5) is 4.79 Å². The van der Waals surface area contributed by atoms with Gasteiger partial charge >= 0.3 is 6.03 Å². The Morgan fingerprint density at radius 2 is 1.93 bits per heavy atom. The monoisotopic (exact) mass is 423 g/mol. The average Bonchev–Trinajstić information content (AvgIpc) is 3.36. The molecule has 0 aromatic carbocycles. The highest BCUT2D eigenvalue weighted by molar-refractivity contribution is 5.76. The summed E-state index contributed by atoms with van der Waals surface area (Å²) >= 11 is 0. The van der Waals surface area contributed by atoms with Crippen molar-refractivity contribution in [3.63, 3.8) is 0 Å². The normalized spacial score (nSPS) is 32.4. The summed E-state index contributed by atoms with van der Waals surface area (Å²) in [5.74, 6) is 1.46. The highest BCUT2D eigenvalue weighted by Gasteiger charge is 2.63. The van der Waals surface area contributed by atoms with Gasteiger partial charge in [-0.05, 0) is 45.4 Å². The Morgan fingerprint density at radius 3 is 2.60 bits per heavy atom. The summed E-state index contributed by atoms with van der Waals surface area (Å²) in [7, 11) is 0. The van der Waals surface area contributed by atoms with Crippen LogP contribution < -0.4 is 10.6 Å². The lowest BCUT2D eigenvalue weighted by molar-refractivity contribution is -0.123. The number of carboxylic acid groups (broad SMARTS) is 1. The van der Waals surface area contributed by atoms with Gasteiger partial charge in [-0.2, -0.15) is 0 Å². The number of carbonyl (C=O) groups excluding carboxylic acids is 2. The Kier molecular flexibility index (Phi) is 7.60. The molecular weight excluding hydrogens is 386 g/mol. The van der Waals surface area contributed by atoms with Crippen LogP contribution in [0.25, 0.3) is 0 Å². The van der Waals surface area contributed by atoms with Gasteiger partial charge in [0.05, 0.1) is 18.2 Å². The van der Waals surface area contributed by atoms with E-state index in [1.807, 2.05) is 18.7 Å². The minimum absolute atomic E-state index is 0.0147. The van der Waals surface area contributed by atoms with Gasteiger partial charge in [0.1, 0.15) is 0 Å². The van der Waals surface area contributed by atoms with Crippen molar-refractivity contribution in [2.24, 2.45) is 17.8 Å². The number of nitrogens with zero attached hydrogens (tertiary/aromatic N) is 1. The summed E-state index contributed by atoms with van der Waals surface area (Å²) in [4.78, 5) is 35.2. The van der Waals surface area contributed by atoms with E-state index in [0.717, 1.165) is 19.4 Å². The standard InChI is InChI=1S/C21H35N3O3.CH2O2/c1-14(2)23-20(26)24-12-17-16(18-8-9-21(17,13-24)27-18)11-22-19(25)10-15-6-4-3-5-7-15;2-1-3/h14-18H,3-13H2,1-2H3,(H,22,25)(H,23,26);1H,(H,2,3)/t16-,17+,18+,21+;/m0./s1. The van der Waals surface area contributed by atoms with Crippen LogP contribution >= 0.6 is 0 Å². The van der Waals surface area contributed by atoms with Crippen LogP contribution in [0.3, 0.4) is 0 Å². The second-order valence-electron chi connectivity index (χ2n) is 9.63. The van der Waals surface area contributed by atoms with E-state index in [4.69, 9.17) is 14.6 Å². The Labute approximate surface area is 179 Å². The maximum Gasteiger partial charge on any atom is 0.317 e. The van der Waals surface area contributed by atoms with E-state index in [-0.39, 0.29) is 36.2 Å². The Hall–Kier alpha value is -1.83. The lowest BCUT2D eigenvalue weighted by Gasteiger charge is -2.29. The summed E-state index contributed by atoms with van der Waals surface area (Å²) in [5, 5.41) is 13.1. The number of nitrogens with one attached hydrogen (secondary N) is 2. The van der Waals surface area contributed by atoms with Gasteiger partial charge in [0.25, 0.3) is 6.47 Å². The predicted molar refractivity (Wildman–Crippen MR) is 112 cm³/mol. The number of likely N-dealkylation sites (tertiary alicyclic amines) is 1. The van der Waals surface area contributed by atoms with E-state index in [9.17, 15) is 9.59 Å². The summed E-state index contributed by atoms with van der Waals surface area (Å²) in [5.41, 5.74) is -0.169. The average molecular weight is 424 g/mol. The van der Waals surface area contributed by atoms with Gasteiger partial charge in [0.2, 0.25) is 5.91 Å². The molecule has 3 aliphatic heterocycles. The van der Waals surface area contributed by atoms with Crippen molar-refractivity contribution in [3.8, 4) is 0 Å².